The summed E-state index contributed by atoms with van der Waals surface area (Å²) >= 11 is 0. The van der Waals surface area contributed by atoms with Gasteiger partial charge in [-0.15, -0.1) is 0 Å². The highest BCUT2D eigenvalue weighted by atomic mass is 16.6. The Morgan fingerprint density at radius 2 is 2.03 bits per heavy atom. The summed E-state index contributed by atoms with van der Waals surface area (Å²) in [6, 6.07) is 0. The van der Waals surface area contributed by atoms with Crippen LogP contribution < -0.4 is 0 Å². The fraction of sp³-hybridized carbons (Fsp3) is 0.640. The molecule has 3 rings (SSSR count). The Hall–Kier alpha value is -1.69. The van der Waals surface area contributed by atoms with Gasteiger partial charge in [0.15, 0.2) is 6.29 Å². The maximum atomic E-state index is 11.3. The first-order chi connectivity index (χ1) is 14.2. The number of hydrogen-bond donors (Lipinski definition) is 2. The van der Waals surface area contributed by atoms with Gasteiger partial charge in [-0.3, -0.25) is 0 Å². The molecule has 0 spiro atoms. The zero-order chi connectivity index (χ0) is 21.9. The van der Waals surface area contributed by atoms with Crippen LogP contribution >= 0.6 is 0 Å². The molecule has 2 N–H and O–H groups in total. The van der Waals surface area contributed by atoms with Crippen LogP contribution in [0.25, 0.3) is 0 Å². The number of esters is 1. The van der Waals surface area contributed by atoms with Crippen molar-refractivity contribution in [2.75, 3.05) is 0 Å². The van der Waals surface area contributed by atoms with Crippen molar-refractivity contribution < 1.29 is 24.5 Å². The second kappa shape index (κ2) is 9.63. The monoisotopic (exact) mass is 416 g/mol. The molecule has 3 aliphatic rings. The zero-order valence-corrected chi connectivity index (χ0v) is 18.7. The fourth-order valence-corrected chi connectivity index (χ4v) is 4.91. The fourth-order valence-electron chi connectivity index (χ4n) is 4.91. The van der Waals surface area contributed by atoms with Crippen molar-refractivity contribution in [2.24, 2.45) is 5.41 Å². The number of ether oxygens (including phenoxy) is 2. The number of aliphatic hydroxyl groups is 2. The molecule has 0 amide bonds. The van der Waals surface area contributed by atoms with Crippen LogP contribution in [0.4, 0.5) is 0 Å². The summed E-state index contributed by atoms with van der Waals surface area (Å²) in [4.78, 5) is 11.3. The summed E-state index contributed by atoms with van der Waals surface area (Å²) in [7, 11) is 0. The molecule has 3 atom stereocenters. The first-order valence-electron chi connectivity index (χ1n) is 11.1. The number of cyclic esters (lactones) is 1. The number of carbonyl (C=O) groups excluding carboxylic acids is 1. The number of rotatable bonds is 7. The van der Waals surface area contributed by atoms with Crippen molar-refractivity contribution in [3.05, 3.63) is 46.1 Å². The summed E-state index contributed by atoms with van der Waals surface area (Å²) in [5.74, 6) is -0.575. The van der Waals surface area contributed by atoms with Crippen LogP contribution in [0.5, 0.6) is 0 Å². The Bertz CT molecular complexity index is 783. The zero-order valence-electron chi connectivity index (χ0n) is 18.7. The van der Waals surface area contributed by atoms with Crippen molar-refractivity contribution in [3.8, 4) is 0 Å². The molecule has 5 heteroatoms. The van der Waals surface area contributed by atoms with Gasteiger partial charge in [0, 0.05) is 11.6 Å². The van der Waals surface area contributed by atoms with Crippen LogP contribution in [0.1, 0.15) is 79.1 Å². The van der Waals surface area contributed by atoms with Gasteiger partial charge in [0.25, 0.3) is 0 Å². The van der Waals surface area contributed by atoms with E-state index in [4.69, 9.17) is 9.47 Å². The van der Waals surface area contributed by atoms with E-state index in [0.29, 0.717) is 17.4 Å². The second-order valence-electron chi connectivity index (χ2n) is 9.51. The normalized spacial score (nSPS) is 29.6. The summed E-state index contributed by atoms with van der Waals surface area (Å²) in [5, 5.41) is 20.1. The minimum atomic E-state index is -1.27. The van der Waals surface area contributed by atoms with E-state index in [0.717, 1.165) is 31.3 Å². The Morgan fingerprint density at radius 1 is 1.27 bits per heavy atom. The van der Waals surface area contributed by atoms with E-state index in [-0.39, 0.29) is 0 Å². The topological polar surface area (TPSA) is 76.0 Å². The summed E-state index contributed by atoms with van der Waals surface area (Å²) < 4.78 is 10.3. The molecule has 2 heterocycles. The highest BCUT2D eigenvalue weighted by molar-refractivity contribution is 5.85. The quantitative estimate of drug-likeness (QED) is 0.458. The van der Waals surface area contributed by atoms with Gasteiger partial charge in [0.2, 0.25) is 6.29 Å². The molecule has 0 saturated carbocycles. The van der Waals surface area contributed by atoms with Crippen LogP contribution in [0, 0.1) is 5.41 Å². The molecule has 0 aromatic heterocycles. The highest BCUT2D eigenvalue weighted by Gasteiger charge is 2.34. The summed E-state index contributed by atoms with van der Waals surface area (Å²) in [6.07, 6.45) is 10.8. The Kier molecular flexibility index (Phi) is 7.38. The number of hydrogen-bond acceptors (Lipinski definition) is 5. The average Bonchev–Trinajstić information content (AvgIpc) is 3.00. The molecule has 2 aliphatic heterocycles. The Labute approximate surface area is 180 Å². The Balaban J connectivity index is 1.49. The van der Waals surface area contributed by atoms with E-state index < -0.39 is 24.7 Å². The third kappa shape index (κ3) is 5.51. The minimum absolute atomic E-state index is 0.325. The van der Waals surface area contributed by atoms with E-state index in [2.05, 4.69) is 33.8 Å². The standard InChI is InChI=1S/C25H36O5/c1-16(10-12-20-17(2)8-6-14-25(20,3)4)7-5-9-18-11-13-21(29-23(18)27)19-15-22(26)30-24(19)28/h7,11,15,21,23-24,27-28H,5-6,8-10,12-14H2,1-4H3/b16-7-/t21-,23-,24+/m1/s1. The first kappa shape index (κ1) is 23.0. The van der Waals surface area contributed by atoms with Gasteiger partial charge in [-0.1, -0.05) is 42.7 Å². The third-order valence-electron chi connectivity index (χ3n) is 6.75. The molecule has 5 nitrogen and oxygen atoms in total. The van der Waals surface area contributed by atoms with Crippen LogP contribution in [0.2, 0.25) is 0 Å². The van der Waals surface area contributed by atoms with Gasteiger partial charge < -0.3 is 19.7 Å². The molecular formula is C25H36O5. The van der Waals surface area contributed by atoms with Crippen molar-refractivity contribution in [3.63, 3.8) is 0 Å². The SMILES string of the molecule is CC1=C(CC/C(C)=C\CCC2=CC[C@H](C3=CC(=O)O[C@@H]3O)O[C@H]2O)C(C)(C)CCC1. The van der Waals surface area contributed by atoms with Gasteiger partial charge in [-0.05, 0) is 76.2 Å². The van der Waals surface area contributed by atoms with Crippen molar-refractivity contribution in [2.45, 2.75) is 97.7 Å². The number of aliphatic hydroxyl groups excluding tert-OH is 2. The first-order valence-corrected chi connectivity index (χ1v) is 11.1. The van der Waals surface area contributed by atoms with Gasteiger partial charge >= 0.3 is 5.97 Å². The predicted molar refractivity (Wildman–Crippen MR) is 116 cm³/mol. The molecule has 30 heavy (non-hydrogen) atoms. The predicted octanol–water partition coefficient (Wildman–Crippen LogP) is 4.86. The maximum absolute atomic E-state index is 11.3. The highest BCUT2D eigenvalue weighted by Crippen LogP contribution is 2.42. The van der Waals surface area contributed by atoms with Crippen LogP contribution in [0.3, 0.4) is 0 Å². The van der Waals surface area contributed by atoms with Crippen LogP contribution in [0.15, 0.2) is 46.1 Å². The largest absolute Gasteiger partial charge is 0.429 e. The molecule has 0 unspecified atom stereocenters. The Morgan fingerprint density at radius 3 is 2.67 bits per heavy atom. The van der Waals surface area contributed by atoms with E-state index >= 15 is 0 Å². The lowest BCUT2D eigenvalue weighted by atomic mass is 9.71. The summed E-state index contributed by atoms with van der Waals surface area (Å²) in [6.45, 7) is 9.23. The smallest absolute Gasteiger partial charge is 0.333 e. The maximum Gasteiger partial charge on any atom is 0.333 e. The molecule has 0 bridgehead atoms. The third-order valence-corrected chi connectivity index (χ3v) is 6.75. The number of allylic oxidation sites excluding steroid dienone is 4. The average molecular weight is 417 g/mol. The molecule has 1 aliphatic carbocycles. The molecule has 166 valence electrons. The van der Waals surface area contributed by atoms with Crippen molar-refractivity contribution in [1.29, 1.82) is 0 Å². The molecular weight excluding hydrogens is 380 g/mol. The number of carbonyl (C=O) groups is 1. The second-order valence-corrected chi connectivity index (χ2v) is 9.51. The minimum Gasteiger partial charge on any atom is -0.429 e. The lowest BCUT2D eigenvalue weighted by Gasteiger charge is -2.35. The van der Waals surface area contributed by atoms with Crippen LogP contribution in [-0.4, -0.2) is 34.9 Å². The molecule has 0 radical (unpaired) electrons. The molecule has 0 saturated heterocycles. The van der Waals surface area contributed by atoms with Crippen molar-refractivity contribution >= 4 is 5.97 Å². The van der Waals surface area contributed by atoms with E-state index in [1.165, 1.54) is 30.9 Å². The van der Waals surface area contributed by atoms with E-state index in [9.17, 15) is 15.0 Å². The van der Waals surface area contributed by atoms with Gasteiger partial charge in [0.05, 0.1) is 6.10 Å². The lowest BCUT2D eigenvalue weighted by Crippen LogP contribution is -2.32. The van der Waals surface area contributed by atoms with Crippen LogP contribution in [-0.2, 0) is 14.3 Å². The van der Waals surface area contributed by atoms with Gasteiger partial charge in [-0.2, -0.15) is 0 Å². The molecule has 0 fully saturated rings. The van der Waals surface area contributed by atoms with E-state index in [1.807, 2.05) is 6.08 Å². The van der Waals surface area contributed by atoms with Crippen molar-refractivity contribution in [1.82, 2.24) is 0 Å². The summed E-state index contributed by atoms with van der Waals surface area (Å²) in [5.41, 5.74) is 6.15. The molecule has 0 aromatic rings. The van der Waals surface area contributed by atoms with Gasteiger partial charge in [0.1, 0.15) is 0 Å². The molecule has 0 aromatic carbocycles. The van der Waals surface area contributed by atoms with Gasteiger partial charge in [-0.25, -0.2) is 4.79 Å². The van der Waals surface area contributed by atoms with E-state index in [1.54, 1.807) is 11.1 Å². The lowest BCUT2D eigenvalue weighted by molar-refractivity contribution is -0.155.